The van der Waals surface area contributed by atoms with Gasteiger partial charge in [0.2, 0.25) is 5.79 Å². The maximum absolute atomic E-state index is 14.4. The monoisotopic (exact) mass is 832 g/mol. The van der Waals surface area contributed by atoms with Crippen LogP contribution >= 0.6 is 0 Å². The number of carbonyl (C=O) groups excluding carboxylic acids is 4. The molecule has 59 heavy (non-hydrogen) atoms. The molecule has 1 aliphatic carbocycles. The highest BCUT2D eigenvalue weighted by Crippen LogP contribution is 2.39. The van der Waals surface area contributed by atoms with Gasteiger partial charge in [0, 0.05) is 44.9 Å². The predicted molar refractivity (Wildman–Crippen MR) is 222 cm³/mol. The average molecular weight is 832 g/mol. The van der Waals surface area contributed by atoms with Crippen molar-refractivity contribution in [2.45, 2.75) is 181 Å². The van der Waals surface area contributed by atoms with Crippen LogP contribution in [-0.4, -0.2) is 119 Å². The number of methoxy groups -OCH3 is 2. The van der Waals surface area contributed by atoms with Crippen LogP contribution in [0.25, 0.3) is 0 Å². The lowest BCUT2D eigenvalue weighted by Crippen LogP contribution is -2.64. The lowest BCUT2D eigenvalue weighted by Gasteiger charge is -2.47. The number of hydrogen-bond donors (Lipinski definition) is 3. The van der Waals surface area contributed by atoms with Gasteiger partial charge in [-0.25, -0.2) is 4.79 Å². The number of amides is 1. The van der Waals surface area contributed by atoms with Crippen molar-refractivity contribution in [1.82, 2.24) is 4.90 Å². The first-order chi connectivity index (χ1) is 27.9. The van der Waals surface area contributed by atoms with Gasteiger partial charge in [-0.2, -0.15) is 0 Å². The van der Waals surface area contributed by atoms with E-state index in [2.05, 4.69) is 6.92 Å². The zero-order valence-corrected chi connectivity index (χ0v) is 37.2. The molecule has 0 aromatic rings. The molecule has 4 aliphatic rings. The maximum atomic E-state index is 14.4. The third kappa shape index (κ3) is 11.9. The highest BCUT2D eigenvalue weighted by atomic mass is 16.7. The summed E-state index contributed by atoms with van der Waals surface area (Å²) in [5.41, 5.74) is 1.63. The number of carbonyl (C=O) groups is 4. The summed E-state index contributed by atoms with van der Waals surface area (Å²) in [6.45, 7) is 15.0. The smallest absolute Gasteiger partial charge is 0.329 e. The molecule has 334 valence electrons. The molecule has 13 heteroatoms. The summed E-state index contributed by atoms with van der Waals surface area (Å²) in [5.74, 6) is -6.90. The van der Waals surface area contributed by atoms with Crippen molar-refractivity contribution in [1.29, 1.82) is 0 Å². The second-order valence-corrected chi connectivity index (χ2v) is 17.9. The van der Waals surface area contributed by atoms with Gasteiger partial charge in [-0.3, -0.25) is 14.4 Å². The van der Waals surface area contributed by atoms with Gasteiger partial charge in [-0.15, -0.1) is 0 Å². The summed E-state index contributed by atoms with van der Waals surface area (Å²) in [6, 6.07) is -1.14. The standard InChI is InChI=1S/C46H73NO12/c1-11-30(7)57-38-17-16-32(24-37(38)50)22-28(5)41-31(8)35(48)25-36(49)33(12-2)20-26(3)19-27(4)21-39(55-9)42-40(56-10)23-29(6)46(54,59-42)43(51)44(52)47-18-14-13-15-34(47)45(53)58-41/h11,20,22,27,29,31-35,37-42,48,50,54H,12-19,21,23-25H2,1-10H3. The number of ketones is 2. The Morgan fingerprint density at radius 3 is 2.24 bits per heavy atom. The first-order valence-electron chi connectivity index (χ1n) is 21.9. The summed E-state index contributed by atoms with van der Waals surface area (Å²) in [5, 5.41) is 34.8. The van der Waals surface area contributed by atoms with E-state index in [-0.39, 0.29) is 49.5 Å². The van der Waals surface area contributed by atoms with Crippen LogP contribution in [0.1, 0.15) is 126 Å². The van der Waals surface area contributed by atoms with Gasteiger partial charge in [0.05, 0.1) is 30.2 Å². The molecule has 1 saturated carbocycles. The third-order valence-electron chi connectivity index (χ3n) is 13.3. The first kappa shape index (κ1) is 48.7. The molecule has 3 heterocycles. The Bertz CT molecular complexity index is 1560. The Labute approximate surface area is 351 Å². The van der Waals surface area contributed by atoms with Gasteiger partial charge >= 0.3 is 5.97 Å². The Morgan fingerprint density at radius 1 is 0.932 bits per heavy atom. The van der Waals surface area contributed by atoms with E-state index in [4.69, 9.17) is 23.7 Å². The first-order valence-corrected chi connectivity index (χ1v) is 21.9. The zero-order valence-electron chi connectivity index (χ0n) is 37.2. The summed E-state index contributed by atoms with van der Waals surface area (Å²) in [6.07, 6.45) is 5.29. The predicted octanol–water partition coefficient (Wildman–Crippen LogP) is 5.77. The van der Waals surface area contributed by atoms with Crippen molar-refractivity contribution in [3.8, 4) is 0 Å². The number of rotatable bonds is 7. The molecule has 3 fully saturated rings. The lowest BCUT2D eigenvalue weighted by atomic mass is 9.81. The second kappa shape index (κ2) is 21.7. The fourth-order valence-corrected chi connectivity index (χ4v) is 9.59. The van der Waals surface area contributed by atoms with E-state index in [1.165, 1.54) is 19.1 Å². The van der Waals surface area contributed by atoms with Gasteiger partial charge in [0.15, 0.2) is 0 Å². The van der Waals surface area contributed by atoms with Crippen molar-refractivity contribution in [3.05, 3.63) is 35.1 Å². The van der Waals surface area contributed by atoms with Gasteiger partial charge in [0.25, 0.3) is 11.7 Å². The minimum atomic E-state index is -2.51. The van der Waals surface area contributed by atoms with E-state index in [1.807, 2.05) is 52.8 Å². The second-order valence-electron chi connectivity index (χ2n) is 17.9. The van der Waals surface area contributed by atoms with Crippen molar-refractivity contribution in [3.63, 3.8) is 0 Å². The highest BCUT2D eigenvalue weighted by Gasteiger charge is 2.56. The summed E-state index contributed by atoms with van der Waals surface area (Å²) in [4.78, 5) is 57.9. The normalized spacial score (nSPS) is 39.4. The number of aliphatic hydroxyl groups excluding tert-OH is 2. The summed E-state index contributed by atoms with van der Waals surface area (Å²) < 4.78 is 30.2. The van der Waals surface area contributed by atoms with Crippen LogP contribution in [0.2, 0.25) is 0 Å². The number of ether oxygens (including phenoxy) is 5. The molecule has 0 spiro atoms. The molecule has 14 atom stereocenters. The third-order valence-corrected chi connectivity index (χ3v) is 13.3. The molecular weight excluding hydrogens is 759 g/mol. The number of aliphatic hydroxyl groups is 3. The molecule has 14 unspecified atom stereocenters. The number of Topliss-reactive ketones (excluding diaryl/α,β-unsaturated/α-hetero) is 2. The maximum Gasteiger partial charge on any atom is 0.329 e. The molecule has 0 aromatic heterocycles. The van der Waals surface area contributed by atoms with Gasteiger partial charge < -0.3 is 43.9 Å². The van der Waals surface area contributed by atoms with Crippen LogP contribution in [-0.2, 0) is 42.9 Å². The largest absolute Gasteiger partial charge is 0.493 e. The van der Waals surface area contributed by atoms with Crippen LogP contribution in [0.5, 0.6) is 0 Å². The molecule has 2 saturated heterocycles. The molecule has 2 bridgehead atoms. The number of piperidine rings is 1. The van der Waals surface area contributed by atoms with E-state index in [1.54, 1.807) is 13.8 Å². The molecule has 13 nitrogen and oxygen atoms in total. The summed E-state index contributed by atoms with van der Waals surface area (Å²) in [7, 11) is 3.06. The molecule has 4 rings (SSSR count). The van der Waals surface area contributed by atoms with Gasteiger partial charge in [-0.1, -0.05) is 45.4 Å². The van der Waals surface area contributed by atoms with Crippen LogP contribution < -0.4 is 0 Å². The topological polar surface area (TPSA) is 178 Å². The fourth-order valence-electron chi connectivity index (χ4n) is 9.59. The van der Waals surface area contributed by atoms with Gasteiger partial charge in [0.1, 0.15) is 30.1 Å². The number of cyclic esters (lactones) is 1. The summed E-state index contributed by atoms with van der Waals surface area (Å²) >= 11 is 0. The Kier molecular flexibility index (Phi) is 17.9. The number of allylic oxidation sites excluding steroid dienone is 5. The van der Waals surface area contributed by atoms with Crippen molar-refractivity contribution in [2.75, 3.05) is 20.8 Å². The van der Waals surface area contributed by atoms with E-state index in [0.717, 1.165) is 11.3 Å². The number of fused-ring (bicyclic) bond motifs is 3. The van der Waals surface area contributed by atoms with Crippen molar-refractivity contribution >= 4 is 23.4 Å². The quantitative estimate of drug-likeness (QED) is 0.122. The Hall–Kier alpha value is -2.94. The van der Waals surface area contributed by atoms with E-state index in [0.29, 0.717) is 56.9 Å². The van der Waals surface area contributed by atoms with Crippen molar-refractivity contribution in [2.24, 2.45) is 29.6 Å². The minimum absolute atomic E-state index is 0.0307. The number of hydrogen-bond acceptors (Lipinski definition) is 12. The van der Waals surface area contributed by atoms with E-state index >= 15 is 0 Å². The number of nitrogens with zero attached hydrogens (tertiary/aromatic N) is 1. The molecule has 3 aliphatic heterocycles. The van der Waals surface area contributed by atoms with E-state index < -0.39 is 83.9 Å². The molecule has 0 aromatic carbocycles. The highest BCUT2D eigenvalue weighted by molar-refractivity contribution is 6.39. The van der Waals surface area contributed by atoms with Crippen LogP contribution in [0, 0.1) is 29.6 Å². The fraction of sp³-hybridized carbons (Fsp3) is 0.783. The minimum Gasteiger partial charge on any atom is -0.493 e. The van der Waals surface area contributed by atoms with Crippen LogP contribution in [0.15, 0.2) is 35.1 Å². The SMILES string of the molecule is CC=C(C)OC1CCC(C=C(C)C2OC(=O)C3CCCCN3C(=O)C(=O)C3(O)OC(C(OC)CC(C)CC(C)=CC(CC)C(=O)CC(O)C2C)C(OC)CC3C)CC1O. The molecule has 1 amide bonds. The van der Waals surface area contributed by atoms with E-state index in [9.17, 15) is 34.5 Å². The van der Waals surface area contributed by atoms with Gasteiger partial charge in [-0.05, 0) is 115 Å². The van der Waals surface area contributed by atoms with Crippen molar-refractivity contribution < 1.29 is 58.2 Å². The van der Waals surface area contributed by atoms with Crippen LogP contribution in [0.4, 0.5) is 0 Å². The number of esters is 1. The van der Waals surface area contributed by atoms with Crippen LogP contribution in [0.3, 0.4) is 0 Å². The molecule has 3 N–H and O–H groups in total. The average Bonchev–Trinajstić information content (AvgIpc) is 3.21. The zero-order chi connectivity index (χ0) is 43.8. The Balaban J connectivity index is 1.74. The molecular formula is C46H73NO12. The molecule has 0 radical (unpaired) electrons. The Morgan fingerprint density at radius 2 is 1.61 bits per heavy atom. The lowest BCUT2D eigenvalue weighted by molar-refractivity contribution is -0.302.